The molecule has 3 atom stereocenters. The molecule has 0 heterocycles. The minimum Gasteiger partial charge on any atom is -0.481 e. The van der Waals surface area contributed by atoms with Crippen LogP contribution in [0.1, 0.15) is 49.7 Å². The molecule has 184 valence electrons. The second kappa shape index (κ2) is 11.2. The van der Waals surface area contributed by atoms with Gasteiger partial charge in [-0.05, 0) is 47.4 Å². The van der Waals surface area contributed by atoms with Crippen LogP contribution in [0.2, 0.25) is 0 Å². The van der Waals surface area contributed by atoms with E-state index in [0.29, 0.717) is 32.2 Å². The average molecular weight is 477 g/mol. The average Bonchev–Trinajstić information content (AvgIpc) is 3.16. The number of hydrogen-bond acceptors (Lipinski definition) is 4. The van der Waals surface area contributed by atoms with Crippen LogP contribution in [0.4, 0.5) is 4.79 Å². The maximum atomic E-state index is 12.3. The Kier molecular flexibility index (Phi) is 7.85. The fraction of sp³-hybridized carbons (Fsp3) is 0.393. The predicted molar refractivity (Wildman–Crippen MR) is 133 cm³/mol. The largest absolute Gasteiger partial charge is 0.481 e. The molecule has 0 radical (unpaired) electrons. The van der Waals surface area contributed by atoms with Gasteiger partial charge in [-0.15, -0.1) is 0 Å². The Bertz CT molecular complexity index is 1070. The van der Waals surface area contributed by atoms with E-state index in [1.165, 1.54) is 22.3 Å². The Labute approximate surface area is 205 Å². The second-order valence-corrected chi connectivity index (χ2v) is 9.46. The molecule has 2 amide bonds. The van der Waals surface area contributed by atoms with Crippen molar-refractivity contribution in [2.75, 3.05) is 13.2 Å². The minimum atomic E-state index is -0.832. The third kappa shape index (κ3) is 6.10. The molecule has 7 nitrogen and oxygen atoms in total. The lowest BCUT2D eigenvalue weighted by Crippen LogP contribution is -2.38. The van der Waals surface area contributed by atoms with Gasteiger partial charge in [0, 0.05) is 24.9 Å². The van der Waals surface area contributed by atoms with Gasteiger partial charge in [0.05, 0.1) is 5.92 Å². The molecule has 2 aromatic carbocycles. The number of benzene rings is 2. The first kappa shape index (κ1) is 24.5. The zero-order chi connectivity index (χ0) is 24.8. The van der Waals surface area contributed by atoms with E-state index in [1.54, 1.807) is 0 Å². The van der Waals surface area contributed by atoms with Crippen LogP contribution in [0.15, 0.2) is 60.7 Å². The number of alkyl carbamates (subject to hydrolysis) is 1. The number of carboxylic acid groups (broad SMARTS) is 1. The number of hydrogen-bond donors (Lipinski definition) is 3. The molecule has 0 spiro atoms. The van der Waals surface area contributed by atoms with Gasteiger partial charge in [0.1, 0.15) is 6.61 Å². The van der Waals surface area contributed by atoms with Crippen molar-refractivity contribution in [3.8, 4) is 11.1 Å². The first-order valence-electron chi connectivity index (χ1n) is 12.2. The van der Waals surface area contributed by atoms with E-state index in [9.17, 15) is 19.5 Å². The van der Waals surface area contributed by atoms with Crippen LogP contribution < -0.4 is 10.6 Å². The Morgan fingerprint density at radius 3 is 2.37 bits per heavy atom. The van der Waals surface area contributed by atoms with E-state index in [-0.39, 0.29) is 30.4 Å². The fourth-order valence-corrected chi connectivity index (χ4v) is 4.95. The van der Waals surface area contributed by atoms with Gasteiger partial charge in [0.2, 0.25) is 5.91 Å². The van der Waals surface area contributed by atoms with E-state index < -0.39 is 18.0 Å². The lowest BCUT2D eigenvalue weighted by molar-refractivity contribution is -0.142. The lowest BCUT2D eigenvalue weighted by atomic mass is 9.91. The van der Waals surface area contributed by atoms with Crippen molar-refractivity contribution in [2.24, 2.45) is 11.8 Å². The van der Waals surface area contributed by atoms with Crippen molar-refractivity contribution in [1.29, 1.82) is 0 Å². The highest BCUT2D eigenvalue weighted by Crippen LogP contribution is 2.44. The maximum Gasteiger partial charge on any atom is 0.407 e. The fourth-order valence-electron chi connectivity index (χ4n) is 4.95. The van der Waals surface area contributed by atoms with E-state index in [0.717, 1.165) is 0 Å². The number of carbonyl (C=O) groups is 3. The molecule has 0 aliphatic heterocycles. The minimum absolute atomic E-state index is 0.0188. The summed E-state index contributed by atoms with van der Waals surface area (Å²) in [5.74, 6) is -1.32. The molecule has 0 saturated carbocycles. The summed E-state index contributed by atoms with van der Waals surface area (Å²) >= 11 is 0. The maximum absolute atomic E-state index is 12.3. The monoisotopic (exact) mass is 476 g/mol. The van der Waals surface area contributed by atoms with E-state index in [4.69, 9.17) is 4.74 Å². The first-order valence-corrected chi connectivity index (χ1v) is 12.2. The molecule has 7 heteroatoms. The molecule has 2 aromatic rings. The van der Waals surface area contributed by atoms with Crippen molar-refractivity contribution in [2.45, 2.75) is 44.6 Å². The van der Waals surface area contributed by atoms with Crippen LogP contribution in [-0.4, -0.2) is 42.3 Å². The lowest BCUT2D eigenvalue weighted by Gasteiger charge is -2.23. The Morgan fingerprint density at radius 1 is 1.06 bits per heavy atom. The van der Waals surface area contributed by atoms with Gasteiger partial charge in [-0.1, -0.05) is 67.6 Å². The quantitative estimate of drug-likeness (QED) is 0.463. The smallest absolute Gasteiger partial charge is 0.407 e. The summed E-state index contributed by atoms with van der Waals surface area (Å²) < 4.78 is 5.55. The van der Waals surface area contributed by atoms with Crippen LogP contribution >= 0.6 is 0 Å². The highest BCUT2D eigenvalue weighted by atomic mass is 16.5. The van der Waals surface area contributed by atoms with Crippen LogP contribution in [0.5, 0.6) is 0 Å². The predicted octanol–water partition coefficient (Wildman–Crippen LogP) is 4.48. The van der Waals surface area contributed by atoms with E-state index in [1.807, 2.05) is 43.3 Å². The number of nitrogens with one attached hydrogen (secondary N) is 2. The molecule has 1 unspecified atom stereocenters. The van der Waals surface area contributed by atoms with Crippen molar-refractivity contribution in [1.82, 2.24) is 10.6 Å². The zero-order valence-corrected chi connectivity index (χ0v) is 19.9. The number of aliphatic carboxylic acids is 1. The van der Waals surface area contributed by atoms with Gasteiger partial charge in [-0.3, -0.25) is 9.59 Å². The molecule has 3 N–H and O–H groups in total. The number of allylic oxidation sites excluding steroid dienone is 1. The Morgan fingerprint density at radius 2 is 1.71 bits per heavy atom. The number of carboxylic acids is 1. The molecule has 0 saturated heterocycles. The van der Waals surface area contributed by atoms with Gasteiger partial charge < -0.3 is 20.5 Å². The zero-order valence-electron chi connectivity index (χ0n) is 19.9. The first-order chi connectivity index (χ1) is 16.9. The van der Waals surface area contributed by atoms with Gasteiger partial charge in [0.25, 0.3) is 0 Å². The van der Waals surface area contributed by atoms with Gasteiger partial charge in [-0.25, -0.2) is 4.79 Å². The summed E-state index contributed by atoms with van der Waals surface area (Å²) in [6.07, 6.45) is 5.07. The summed E-state index contributed by atoms with van der Waals surface area (Å²) in [6, 6.07) is 16.2. The van der Waals surface area contributed by atoms with Crippen molar-refractivity contribution in [3.63, 3.8) is 0 Å². The van der Waals surface area contributed by atoms with Crippen molar-refractivity contribution in [3.05, 3.63) is 71.8 Å². The molecule has 0 fully saturated rings. The number of amides is 2. The standard InChI is InChI=1S/C28H32N2O5/c1-18(15-26(31)30-20-8-6-7-19(16-20)27(32)33)13-14-29-28(34)35-17-25-23-11-4-2-9-21(23)22-10-3-5-12-24(22)25/h2-6,8-12,18-20,25H,7,13-17H2,1H3,(H,29,34)(H,30,31)(H,32,33)/t18?,19-,20-/m1/s1. The highest BCUT2D eigenvalue weighted by molar-refractivity contribution is 5.79. The molecule has 4 rings (SSSR count). The molecule has 0 bridgehead atoms. The summed E-state index contributed by atoms with van der Waals surface area (Å²) in [6.45, 7) is 2.63. The number of rotatable bonds is 9. The SMILES string of the molecule is CC(CCNC(=O)OCC1c2ccccc2-c2ccccc21)CC(=O)N[C@@H]1C=CC[C@@H](C(=O)O)C1. The molecule has 2 aliphatic carbocycles. The Hall–Kier alpha value is -3.61. The molecular weight excluding hydrogens is 444 g/mol. The summed E-state index contributed by atoms with van der Waals surface area (Å²) in [7, 11) is 0. The van der Waals surface area contributed by atoms with Crippen molar-refractivity contribution < 1.29 is 24.2 Å². The molecular formula is C28H32N2O5. The second-order valence-electron chi connectivity index (χ2n) is 9.46. The van der Waals surface area contributed by atoms with E-state index in [2.05, 4.69) is 34.9 Å². The summed E-state index contributed by atoms with van der Waals surface area (Å²) in [5, 5.41) is 14.9. The molecule has 35 heavy (non-hydrogen) atoms. The number of carbonyl (C=O) groups excluding carboxylic acids is 2. The van der Waals surface area contributed by atoms with Crippen molar-refractivity contribution >= 4 is 18.0 Å². The van der Waals surface area contributed by atoms with Gasteiger partial charge in [0.15, 0.2) is 0 Å². The van der Waals surface area contributed by atoms with Crippen LogP contribution in [0.3, 0.4) is 0 Å². The Balaban J connectivity index is 1.17. The van der Waals surface area contributed by atoms with Gasteiger partial charge in [-0.2, -0.15) is 0 Å². The third-order valence-corrected chi connectivity index (χ3v) is 6.81. The van der Waals surface area contributed by atoms with Gasteiger partial charge >= 0.3 is 12.1 Å². The van der Waals surface area contributed by atoms with Crippen LogP contribution in [0, 0.1) is 11.8 Å². The van der Waals surface area contributed by atoms with Crippen LogP contribution in [0.25, 0.3) is 11.1 Å². The topological polar surface area (TPSA) is 105 Å². The summed E-state index contributed by atoms with van der Waals surface area (Å²) in [5.41, 5.74) is 4.71. The molecule has 0 aromatic heterocycles. The summed E-state index contributed by atoms with van der Waals surface area (Å²) in [4.78, 5) is 35.8. The van der Waals surface area contributed by atoms with E-state index >= 15 is 0 Å². The molecule has 2 aliphatic rings. The normalized spacial score (nSPS) is 19.3. The number of ether oxygens (including phenoxy) is 1. The third-order valence-electron chi connectivity index (χ3n) is 6.81. The highest BCUT2D eigenvalue weighted by Gasteiger charge is 2.29. The van der Waals surface area contributed by atoms with Crippen LogP contribution in [-0.2, 0) is 14.3 Å². The number of fused-ring (bicyclic) bond motifs is 3.